The van der Waals surface area contributed by atoms with Gasteiger partial charge in [-0.25, -0.2) is 4.57 Å². The van der Waals surface area contributed by atoms with Gasteiger partial charge in [-0.3, -0.25) is 28.0 Å². The third-order valence-corrected chi connectivity index (χ3v) is 10.4. The Hall–Kier alpha value is -1.18. The standard InChI is InChI=1S/C29H51N2O9PS2/c1-21(31-15-14-24(32)30-22(31)2)25(33)23(37-9)20-40-41(36,38-16-10-12-18-42-26(34)28(3,4)5)39-17-11-13-19-43-27(35)29(6,7)8/h14-15,21,23,25,33H,2,10-13,16-20H2,1,3-9H3,(H,30,32)/t21?,23?,25-/m0/s1. The molecule has 1 aliphatic rings. The molecule has 1 aliphatic heterocycles. The van der Waals surface area contributed by atoms with Crippen LogP contribution >= 0.6 is 31.3 Å². The maximum absolute atomic E-state index is 13.6. The number of carbonyl (C=O) groups excluding carboxylic acids is 3. The molecule has 0 bridgehead atoms. The Kier molecular flexibility index (Phi) is 17.3. The molecular formula is C29H51N2O9PS2. The molecule has 0 saturated carbocycles. The van der Waals surface area contributed by atoms with Gasteiger partial charge in [-0.05, 0) is 32.6 Å². The third kappa shape index (κ3) is 15.1. The average Bonchev–Trinajstić information content (AvgIpc) is 2.91. The Balaban J connectivity index is 2.73. The number of nitrogens with one attached hydrogen (secondary N) is 1. The molecule has 248 valence electrons. The van der Waals surface area contributed by atoms with E-state index in [2.05, 4.69) is 11.9 Å². The largest absolute Gasteiger partial charge is 0.474 e. The van der Waals surface area contributed by atoms with Crippen molar-refractivity contribution >= 4 is 47.5 Å². The van der Waals surface area contributed by atoms with Crippen LogP contribution < -0.4 is 5.32 Å². The summed E-state index contributed by atoms with van der Waals surface area (Å²) in [4.78, 5) is 37.4. The zero-order chi connectivity index (χ0) is 32.8. The van der Waals surface area contributed by atoms with Gasteiger partial charge in [0.2, 0.25) is 0 Å². The SMILES string of the molecule is C=C1NC(=O)C=CN1C(C)[C@H](O)C(COP(=O)(OCCCCSC(=O)C(C)(C)C)OCCCCSC(=O)C(C)(C)C)OC. The zero-order valence-corrected chi connectivity index (χ0v) is 29.4. The van der Waals surface area contributed by atoms with Crippen LogP contribution in [0.2, 0.25) is 0 Å². The van der Waals surface area contributed by atoms with Crippen molar-refractivity contribution in [2.24, 2.45) is 10.8 Å². The number of amides is 1. The molecule has 0 saturated heterocycles. The van der Waals surface area contributed by atoms with E-state index in [9.17, 15) is 24.1 Å². The summed E-state index contributed by atoms with van der Waals surface area (Å²) in [7, 11) is -2.64. The van der Waals surface area contributed by atoms with Crippen LogP contribution in [0.3, 0.4) is 0 Å². The van der Waals surface area contributed by atoms with Crippen LogP contribution in [0, 0.1) is 10.8 Å². The van der Waals surface area contributed by atoms with Gasteiger partial charge in [0.25, 0.3) is 5.91 Å². The van der Waals surface area contributed by atoms with Gasteiger partial charge in [-0.1, -0.05) is 71.6 Å². The van der Waals surface area contributed by atoms with Crippen molar-refractivity contribution in [3.8, 4) is 0 Å². The van der Waals surface area contributed by atoms with Crippen molar-refractivity contribution in [1.29, 1.82) is 0 Å². The lowest BCUT2D eigenvalue weighted by Crippen LogP contribution is -2.50. The fraction of sp³-hybridized carbons (Fsp3) is 0.759. The fourth-order valence-corrected chi connectivity index (χ4v) is 6.64. The van der Waals surface area contributed by atoms with Gasteiger partial charge >= 0.3 is 7.82 Å². The van der Waals surface area contributed by atoms with Crippen molar-refractivity contribution in [2.75, 3.05) is 38.4 Å². The number of ether oxygens (including phenoxy) is 1. The molecule has 0 fully saturated rings. The molecule has 3 atom stereocenters. The molecule has 0 aliphatic carbocycles. The smallest absolute Gasteiger partial charge is 0.388 e. The summed E-state index contributed by atoms with van der Waals surface area (Å²) in [6.45, 7) is 16.7. The average molecular weight is 667 g/mol. The van der Waals surface area contributed by atoms with Crippen molar-refractivity contribution in [3.63, 3.8) is 0 Å². The normalized spacial score (nSPS) is 16.6. The molecule has 14 heteroatoms. The molecule has 43 heavy (non-hydrogen) atoms. The summed E-state index contributed by atoms with van der Waals surface area (Å²) in [5.41, 5.74) is -0.828. The van der Waals surface area contributed by atoms with Crippen molar-refractivity contribution < 1.29 is 42.4 Å². The molecule has 11 nitrogen and oxygen atoms in total. The van der Waals surface area contributed by atoms with E-state index in [1.807, 2.05) is 41.5 Å². The Bertz CT molecular complexity index is 969. The molecule has 1 rings (SSSR count). The van der Waals surface area contributed by atoms with Crippen LogP contribution in [0.1, 0.15) is 74.1 Å². The van der Waals surface area contributed by atoms with Crippen LogP contribution in [0.4, 0.5) is 0 Å². The highest BCUT2D eigenvalue weighted by atomic mass is 32.2. The lowest BCUT2D eigenvalue weighted by Gasteiger charge is -2.36. The quantitative estimate of drug-likeness (QED) is 0.133. The summed E-state index contributed by atoms with van der Waals surface area (Å²) in [6, 6.07) is -0.569. The van der Waals surface area contributed by atoms with E-state index >= 15 is 0 Å². The summed E-state index contributed by atoms with van der Waals surface area (Å²) >= 11 is 2.53. The van der Waals surface area contributed by atoms with Gasteiger partial charge in [0.15, 0.2) is 10.2 Å². The first-order valence-corrected chi connectivity index (χ1v) is 17.9. The Morgan fingerprint density at radius 1 is 0.977 bits per heavy atom. The lowest BCUT2D eigenvalue weighted by molar-refractivity contribution is -0.118. The first-order chi connectivity index (χ1) is 19.9. The number of phosphoric ester groups is 1. The second kappa shape index (κ2) is 18.7. The summed E-state index contributed by atoms with van der Waals surface area (Å²) in [6.07, 6.45) is 3.23. The second-order valence-corrected chi connectivity index (χ2v) is 16.1. The molecule has 0 aromatic heterocycles. The van der Waals surface area contributed by atoms with Crippen molar-refractivity contribution in [3.05, 3.63) is 24.7 Å². The van der Waals surface area contributed by atoms with Crippen molar-refractivity contribution in [1.82, 2.24) is 10.2 Å². The zero-order valence-electron chi connectivity index (χ0n) is 26.9. The molecule has 1 amide bonds. The number of nitrogens with zero attached hydrogens (tertiary/aromatic N) is 1. The van der Waals surface area contributed by atoms with Gasteiger partial charge < -0.3 is 20.1 Å². The minimum Gasteiger partial charge on any atom is -0.388 e. The molecule has 0 spiro atoms. The van der Waals surface area contributed by atoms with E-state index in [1.54, 1.807) is 11.8 Å². The first kappa shape index (κ1) is 39.8. The minimum absolute atomic E-state index is 0.0895. The Morgan fingerprint density at radius 2 is 1.47 bits per heavy atom. The summed E-state index contributed by atoms with van der Waals surface area (Å²) in [5.74, 6) is 1.21. The summed E-state index contributed by atoms with van der Waals surface area (Å²) in [5, 5.41) is 13.8. The third-order valence-electron chi connectivity index (χ3n) is 6.25. The number of rotatable bonds is 19. The molecule has 2 unspecified atom stereocenters. The van der Waals surface area contributed by atoms with E-state index in [-0.39, 0.29) is 36.0 Å². The number of aliphatic hydroxyl groups is 1. The predicted octanol–water partition coefficient (Wildman–Crippen LogP) is 5.50. The van der Waals surface area contributed by atoms with E-state index in [0.717, 1.165) is 0 Å². The van der Waals surface area contributed by atoms with Crippen LogP contribution in [0.15, 0.2) is 24.7 Å². The lowest BCUT2D eigenvalue weighted by atomic mass is 9.99. The molecule has 2 N–H and O–H groups in total. The first-order valence-electron chi connectivity index (χ1n) is 14.5. The number of hydrogen-bond donors (Lipinski definition) is 2. The topological polar surface area (TPSA) is 141 Å². The highest BCUT2D eigenvalue weighted by Gasteiger charge is 2.34. The molecule has 1 heterocycles. The van der Waals surface area contributed by atoms with Crippen molar-refractivity contribution in [2.45, 2.75) is 92.4 Å². The number of unbranched alkanes of at least 4 members (excludes halogenated alkanes) is 2. The van der Waals surface area contributed by atoms with E-state index in [0.29, 0.717) is 43.0 Å². The second-order valence-electron chi connectivity index (χ2n) is 12.3. The maximum Gasteiger partial charge on any atom is 0.474 e. The molecule has 0 aromatic carbocycles. The van der Waals surface area contributed by atoms with Crippen LogP contribution in [-0.4, -0.2) is 82.8 Å². The minimum atomic E-state index is -4.04. The fourth-order valence-electron chi connectivity index (χ4n) is 3.45. The van der Waals surface area contributed by atoms with Gasteiger partial charge in [0, 0.05) is 41.7 Å². The highest BCUT2D eigenvalue weighted by Crippen LogP contribution is 2.50. The predicted molar refractivity (Wildman–Crippen MR) is 172 cm³/mol. The Labute approximate surface area is 265 Å². The Morgan fingerprint density at radius 3 is 1.88 bits per heavy atom. The number of methoxy groups -OCH3 is 1. The number of hydrogen-bond acceptors (Lipinski definition) is 12. The van der Waals surface area contributed by atoms with E-state index < -0.39 is 36.9 Å². The van der Waals surface area contributed by atoms with Crippen LogP contribution in [0.5, 0.6) is 0 Å². The number of phosphoric acid groups is 1. The van der Waals surface area contributed by atoms with E-state index in [1.165, 1.54) is 42.9 Å². The van der Waals surface area contributed by atoms with Gasteiger partial charge in [-0.2, -0.15) is 0 Å². The summed E-state index contributed by atoms with van der Waals surface area (Å²) < 4.78 is 35.9. The number of carbonyl (C=O) groups is 3. The van der Waals surface area contributed by atoms with Crippen LogP contribution in [-0.2, 0) is 37.3 Å². The van der Waals surface area contributed by atoms with E-state index in [4.69, 9.17) is 18.3 Å². The van der Waals surface area contributed by atoms with Gasteiger partial charge in [-0.15, -0.1) is 0 Å². The molecule has 0 aromatic rings. The highest BCUT2D eigenvalue weighted by molar-refractivity contribution is 8.14. The van der Waals surface area contributed by atoms with Gasteiger partial charge in [0.05, 0.1) is 25.9 Å². The maximum atomic E-state index is 13.6. The number of aliphatic hydroxyl groups excluding tert-OH is 1. The molecule has 0 radical (unpaired) electrons. The monoisotopic (exact) mass is 666 g/mol. The van der Waals surface area contributed by atoms with Crippen LogP contribution in [0.25, 0.3) is 0 Å². The molecular weight excluding hydrogens is 615 g/mol. The van der Waals surface area contributed by atoms with Gasteiger partial charge in [0.1, 0.15) is 18.0 Å². The number of thioether (sulfide) groups is 2.